The smallest absolute Gasteiger partial charge is 0.334 e. The molecule has 1 aromatic rings. The van der Waals surface area contributed by atoms with Gasteiger partial charge in [-0.05, 0) is 30.7 Å². The van der Waals surface area contributed by atoms with Gasteiger partial charge in [-0.25, -0.2) is 4.79 Å². The van der Waals surface area contributed by atoms with Crippen molar-refractivity contribution in [2.24, 2.45) is 5.11 Å². The maximum atomic E-state index is 11.5. The normalized spacial score (nSPS) is 10.7. The van der Waals surface area contributed by atoms with Crippen LogP contribution in [-0.4, -0.2) is 19.1 Å². The van der Waals surface area contributed by atoms with Crippen LogP contribution in [0.2, 0.25) is 0 Å². The van der Waals surface area contributed by atoms with Gasteiger partial charge >= 0.3 is 5.97 Å². The summed E-state index contributed by atoms with van der Waals surface area (Å²) in [5.74, 6) is 0.00231. The third-order valence-electron chi connectivity index (χ3n) is 1.70. The van der Waals surface area contributed by atoms with Crippen LogP contribution in [0.25, 0.3) is 16.5 Å². The van der Waals surface area contributed by atoms with Crippen molar-refractivity contribution >= 4 is 12.0 Å². The Bertz CT molecular complexity index is 417. The highest BCUT2D eigenvalue weighted by atomic mass is 16.5. The molecule has 6 nitrogen and oxygen atoms in total. The van der Waals surface area contributed by atoms with E-state index in [1.165, 1.54) is 12.3 Å². The third-order valence-corrected chi connectivity index (χ3v) is 1.70. The average molecular weight is 221 g/mol. The van der Waals surface area contributed by atoms with Gasteiger partial charge in [-0.15, -0.1) is 0 Å². The molecule has 1 heterocycles. The second-order valence-corrected chi connectivity index (χ2v) is 2.79. The average Bonchev–Trinajstić information content (AvgIpc) is 2.77. The minimum atomic E-state index is -0.508. The van der Waals surface area contributed by atoms with E-state index in [2.05, 4.69) is 10.0 Å². The molecule has 0 bridgehead atoms. The van der Waals surface area contributed by atoms with Crippen molar-refractivity contribution in [3.63, 3.8) is 0 Å². The van der Waals surface area contributed by atoms with E-state index in [1.54, 1.807) is 19.1 Å². The summed E-state index contributed by atoms with van der Waals surface area (Å²) in [4.78, 5) is 14.1. The zero-order chi connectivity index (χ0) is 11.8. The maximum Gasteiger partial charge on any atom is 0.334 e. The summed E-state index contributed by atoms with van der Waals surface area (Å²) in [6.07, 6.45) is 2.98. The van der Waals surface area contributed by atoms with E-state index >= 15 is 0 Å². The molecule has 84 valence electrons. The number of ether oxygens (including phenoxy) is 1. The van der Waals surface area contributed by atoms with Crippen LogP contribution < -0.4 is 0 Å². The molecule has 0 fully saturated rings. The lowest BCUT2D eigenvalue weighted by Crippen LogP contribution is -2.09. The zero-order valence-electron chi connectivity index (χ0n) is 8.79. The van der Waals surface area contributed by atoms with E-state index in [0.29, 0.717) is 5.76 Å². The molecule has 0 aliphatic heterocycles. The number of hydrogen-bond donors (Lipinski definition) is 0. The predicted molar refractivity (Wildman–Crippen MR) is 57.3 cm³/mol. The highest BCUT2D eigenvalue weighted by Crippen LogP contribution is 2.09. The van der Waals surface area contributed by atoms with Crippen molar-refractivity contribution in [1.82, 2.24) is 0 Å². The van der Waals surface area contributed by atoms with Gasteiger partial charge in [0.25, 0.3) is 0 Å². The molecular weight excluding hydrogens is 210 g/mol. The van der Waals surface area contributed by atoms with Crippen LogP contribution in [0.4, 0.5) is 0 Å². The second kappa shape index (κ2) is 6.31. The highest BCUT2D eigenvalue weighted by molar-refractivity contribution is 5.93. The van der Waals surface area contributed by atoms with Crippen LogP contribution in [0.1, 0.15) is 12.7 Å². The topological polar surface area (TPSA) is 88.2 Å². The number of azide groups is 1. The lowest BCUT2D eigenvalue weighted by molar-refractivity contribution is -0.138. The summed E-state index contributed by atoms with van der Waals surface area (Å²) >= 11 is 0. The predicted octanol–water partition coefficient (Wildman–Crippen LogP) is 2.54. The van der Waals surface area contributed by atoms with Gasteiger partial charge in [0.2, 0.25) is 0 Å². The number of nitrogens with zero attached hydrogens (tertiary/aromatic N) is 3. The maximum absolute atomic E-state index is 11.5. The third kappa shape index (κ3) is 3.51. The van der Waals surface area contributed by atoms with Crippen molar-refractivity contribution in [3.8, 4) is 0 Å². The Balaban J connectivity index is 2.86. The minimum Gasteiger partial charge on any atom is -0.465 e. The Morgan fingerprint density at radius 3 is 3.12 bits per heavy atom. The lowest BCUT2D eigenvalue weighted by atomic mass is 10.2. The summed E-state index contributed by atoms with van der Waals surface area (Å²) in [6.45, 7) is 1.91. The molecule has 0 atom stereocenters. The van der Waals surface area contributed by atoms with Gasteiger partial charge in [0.15, 0.2) is 0 Å². The number of carbonyl (C=O) groups is 1. The van der Waals surface area contributed by atoms with Gasteiger partial charge in [-0.1, -0.05) is 5.11 Å². The molecule has 0 saturated carbocycles. The molecular formula is C10H11N3O3. The van der Waals surface area contributed by atoms with Gasteiger partial charge < -0.3 is 9.15 Å². The van der Waals surface area contributed by atoms with E-state index in [9.17, 15) is 4.79 Å². The van der Waals surface area contributed by atoms with Crippen molar-refractivity contribution in [2.45, 2.75) is 6.92 Å². The molecule has 0 aliphatic carbocycles. The van der Waals surface area contributed by atoms with Crippen molar-refractivity contribution in [1.29, 1.82) is 0 Å². The number of hydrogen-bond acceptors (Lipinski definition) is 4. The van der Waals surface area contributed by atoms with Crippen LogP contribution in [0, 0.1) is 0 Å². The van der Waals surface area contributed by atoms with Gasteiger partial charge in [-0.3, -0.25) is 0 Å². The Kier molecular flexibility index (Phi) is 4.69. The van der Waals surface area contributed by atoms with E-state index in [4.69, 9.17) is 14.7 Å². The number of furan rings is 1. The largest absolute Gasteiger partial charge is 0.465 e. The van der Waals surface area contributed by atoms with Gasteiger partial charge in [-0.2, -0.15) is 0 Å². The Labute approximate surface area is 92.1 Å². The molecule has 0 saturated heterocycles. The molecule has 1 aromatic heterocycles. The fourth-order valence-electron chi connectivity index (χ4n) is 1.05. The van der Waals surface area contributed by atoms with E-state index in [1.807, 2.05) is 0 Å². The van der Waals surface area contributed by atoms with Crippen molar-refractivity contribution < 1.29 is 13.9 Å². The first-order valence-electron chi connectivity index (χ1n) is 4.70. The molecule has 6 heteroatoms. The summed E-state index contributed by atoms with van der Waals surface area (Å²) in [5.41, 5.74) is 8.47. The monoisotopic (exact) mass is 221 g/mol. The standard InChI is InChI=1S/C10H11N3O3/c1-2-15-10(14)8(7-12-13-11)6-9-4-3-5-16-9/h3-6H,2,7H2,1H3/b8-6+. The molecule has 0 amide bonds. The first-order chi connectivity index (χ1) is 7.77. The Morgan fingerprint density at radius 2 is 2.56 bits per heavy atom. The van der Waals surface area contributed by atoms with Crippen molar-refractivity contribution in [2.75, 3.05) is 13.2 Å². The fourth-order valence-corrected chi connectivity index (χ4v) is 1.05. The van der Waals surface area contributed by atoms with Crippen LogP contribution in [-0.2, 0) is 9.53 Å². The number of carbonyl (C=O) groups excluding carboxylic acids is 1. The van der Waals surface area contributed by atoms with Gasteiger partial charge in [0, 0.05) is 10.5 Å². The molecule has 0 radical (unpaired) electrons. The molecule has 0 spiro atoms. The first kappa shape index (κ1) is 11.9. The molecule has 0 aromatic carbocycles. The minimum absolute atomic E-state index is 0.0595. The Hall–Kier alpha value is -2.20. The first-order valence-corrected chi connectivity index (χ1v) is 4.70. The molecule has 1 rings (SSSR count). The molecule has 0 unspecified atom stereocenters. The van der Waals surface area contributed by atoms with Gasteiger partial charge in [0.1, 0.15) is 5.76 Å². The van der Waals surface area contributed by atoms with Crippen LogP contribution in [0.15, 0.2) is 33.5 Å². The summed E-state index contributed by atoms with van der Waals surface area (Å²) in [5, 5.41) is 3.33. The summed E-state index contributed by atoms with van der Waals surface area (Å²) in [6, 6.07) is 3.39. The van der Waals surface area contributed by atoms with Crippen LogP contribution in [0.3, 0.4) is 0 Å². The molecule has 0 N–H and O–H groups in total. The quantitative estimate of drug-likeness (QED) is 0.251. The highest BCUT2D eigenvalue weighted by Gasteiger charge is 2.10. The second-order valence-electron chi connectivity index (χ2n) is 2.79. The fraction of sp³-hybridized carbons (Fsp3) is 0.300. The van der Waals surface area contributed by atoms with Crippen LogP contribution >= 0.6 is 0 Å². The van der Waals surface area contributed by atoms with Crippen molar-refractivity contribution in [3.05, 3.63) is 40.2 Å². The van der Waals surface area contributed by atoms with E-state index in [0.717, 1.165) is 0 Å². The number of rotatable bonds is 5. The summed E-state index contributed by atoms with van der Waals surface area (Å²) in [7, 11) is 0. The molecule has 16 heavy (non-hydrogen) atoms. The SMILES string of the molecule is CCOC(=O)/C(=C/c1ccco1)CN=[N+]=[N-]. The zero-order valence-corrected chi connectivity index (χ0v) is 8.79. The van der Waals surface area contributed by atoms with Gasteiger partial charge in [0.05, 0.1) is 19.4 Å². The number of esters is 1. The van der Waals surface area contributed by atoms with Crippen LogP contribution in [0.5, 0.6) is 0 Å². The lowest BCUT2D eigenvalue weighted by Gasteiger charge is -2.02. The van der Waals surface area contributed by atoms with E-state index in [-0.39, 0.29) is 18.7 Å². The summed E-state index contributed by atoms with van der Waals surface area (Å²) < 4.78 is 9.87. The Morgan fingerprint density at radius 1 is 1.75 bits per heavy atom. The molecule has 0 aliphatic rings. The van der Waals surface area contributed by atoms with E-state index < -0.39 is 5.97 Å².